The summed E-state index contributed by atoms with van der Waals surface area (Å²) in [4.78, 5) is 14.9. The molecule has 150 valence electrons. The fraction of sp³-hybridized carbons (Fsp3) is 0.435. The maximum atomic E-state index is 12.4. The zero-order chi connectivity index (χ0) is 19.8. The predicted molar refractivity (Wildman–Crippen MR) is 111 cm³/mol. The first-order chi connectivity index (χ1) is 13.7. The number of aryl methyl sites for hydroxylation is 1. The van der Waals surface area contributed by atoms with Crippen LogP contribution in [0.4, 0.5) is 0 Å². The summed E-state index contributed by atoms with van der Waals surface area (Å²) in [5.41, 5.74) is 2.49. The smallest absolute Gasteiger partial charge is 0.258 e. The van der Waals surface area contributed by atoms with Crippen molar-refractivity contribution in [3.8, 4) is 11.5 Å². The van der Waals surface area contributed by atoms with Gasteiger partial charge in [0, 0.05) is 6.54 Å². The summed E-state index contributed by atoms with van der Waals surface area (Å²) in [6.07, 6.45) is 3.72. The highest BCUT2D eigenvalue weighted by Crippen LogP contribution is 2.26. The van der Waals surface area contributed by atoms with E-state index in [1.165, 1.54) is 30.4 Å². The Labute approximate surface area is 167 Å². The summed E-state index contributed by atoms with van der Waals surface area (Å²) in [6, 6.07) is 16.2. The minimum Gasteiger partial charge on any atom is -0.493 e. The quantitative estimate of drug-likeness (QED) is 0.756. The highest BCUT2D eigenvalue weighted by atomic mass is 16.5. The van der Waals surface area contributed by atoms with Gasteiger partial charge in [-0.3, -0.25) is 9.69 Å². The summed E-state index contributed by atoms with van der Waals surface area (Å²) in [5.74, 6) is 1.08. The lowest BCUT2D eigenvalue weighted by atomic mass is 10.0. The monoisotopic (exact) mass is 382 g/mol. The van der Waals surface area contributed by atoms with Crippen LogP contribution in [0.1, 0.15) is 36.4 Å². The van der Waals surface area contributed by atoms with Crippen LogP contribution in [-0.2, 0) is 4.79 Å². The van der Waals surface area contributed by atoms with Crippen molar-refractivity contribution in [1.82, 2.24) is 10.2 Å². The number of nitrogens with zero attached hydrogens (tertiary/aromatic N) is 1. The number of rotatable bonds is 8. The first-order valence-corrected chi connectivity index (χ1v) is 10.0. The maximum absolute atomic E-state index is 12.4. The standard InChI is InChI=1S/C23H30N2O3/c1-18-10-12-19(13-11-18)20(25-14-6-3-7-15-25)16-24-23(26)17-28-22-9-5-4-8-21(22)27-2/h4-5,8-13,20H,3,6-7,14-17H2,1-2H3,(H,24,26)/t20-/m0/s1. The lowest BCUT2D eigenvalue weighted by molar-refractivity contribution is -0.123. The van der Waals surface area contributed by atoms with Gasteiger partial charge < -0.3 is 14.8 Å². The number of carbonyl (C=O) groups excluding carboxylic acids is 1. The van der Waals surface area contributed by atoms with Crippen molar-refractivity contribution in [2.75, 3.05) is 33.4 Å². The molecule has 0 bridgehead atoms. The highest BCUT2D eigenvalue weighted by molar-refractivity contribution is 5.77. The average Bonchev–Trinajstić information content (AvgIpc) is 2.74. The van der Waals surface area contributed by atoms with Gasteiger partial charge in [-0.05, 0) is 50.6 Å². The van der Waals surface area contributed by atoms with Crippen molar-refractivity contribution < 1.29 is 14.3 Å². The Morgan fingerprint density at radius 1 is 1.04 bits per heavy atom. The van der Waals surface area contributed by atoms with Gasteiger partial charge in [-0.25, -0.2) is 0 Å². The summed E-state index contributed by atoms with van der Waals surface area (Å²) in [7, 11) is 1.59. The molecule has 28 heavy (non-hydrogen) atoms. The van der Waals surface area contributed by atoms with E-state index < -0.39 is 0 Å². The molecule has 1 saturated heterocycles. The van der Waals surface area contributed by atoms with E-state index in [-0.39, 0.29) is 18.6 Å². The van der Waals surface area contributed by atoms with Gasteiger partial charge in [0.2, 0.25) is 0 Å². The van der Waals surface area contributed by atoms with Gasteiger partial charge in [0.05, 0.1) is 13.2 Å². The molecule has 1 heterocycles. The van der Waals surface area contributed by atoms with E-state index in [0.29, 0.717) is 18.0 Å². The van der Waals surface area contributed by atoms with Gasteiger partial charge in [0.25, 0.3) is 5.91 Å². The van der Waals surface area contributed by atoms with Crippen LogP contribution in [0.5, 0.6) is 11.5 Å². The normalized spacial score (nSPS) is 15.6. The second-order valence-corrected chi connectivity index (χ2v) is 7.27. The molecule has 1 aliphatic heterocycles. The molecular formula is C23H30N2O3. The van der Waals surface area contributed by atoms with E-state index in [0.717, 1.165) is 13.1 Å². The van der Waals surface area contributed by atoms with Crippen LogP contribution in [0.15, 0.2) is 48.5 Å². The van der Waals surface area contributed by atoms with E-state index in [9.17, 15) is 4.79 Å². The maximum Gasteiger partial charge on any atom is 0.258 e. The van der Waals surface area contributed by atoms with E-state index in [1.54, 1.807) is 13.2 Å². The van der Waals surface area contributed by atoms with Gasteiger partial charge in [-0.1, -0.05) is 48.4 Å². The average molecular weight is 383 g/mol. The first kappa shape index (κ1) is 20.2. The first-order valence-electron chi connectivity index (χ1n) is 10.0. The van der Waals surface area contributed by atoms with Crippen LogP contribution < -0.4 is 14.8 Å². The lowest BCUT2D eigenvalue weighted by Crippen LogP contribution is -2.41. The van der Waals surface area contributed by atoms with Gasteiger partial charge in [0.15, 0.2) is 18.1 Å². The van der Waals surface area contributed by atoms with Crippen LogP contribution >= 0.6 is 0 Å². The van der Waals surface area contributed by atoms with Gasteiger partial charge in [-0.2, -0.15) is 0 Å². The predicted octanol–water partition coefficient (Wildman–Crippen LogP) is 3.73. The van der Waals surface area contributed by atoms with Crippen LogP contribution in [0.2, 0.25) is 0 Å². The third kappa shape index (κ3) is 5.49. The number of ether oxygens (including phenoxy) is 2. The molecule has 2 aromatic rings. The number of benzene rings is 2. The fourth-order valence-corrected chi connectivity index (χ4v) is 3.62. The van der Waals surface area contributed by atoms with Gasteiger partial charge in [-0.15, -0.1) is 0 Å². The molecule has 1 N–H and O–H groups in total. The second kappa shape index (κ2) is 10.1. The summed E-state index contributed by atoms with van der Waals surface area (Å²) in [6.45, 7) is 4.80. The molecule has 5 nitrogen and oxygen atoms in total. The minimum atomic E-state index is -0.125. The van der Waals surface area contributed by atoms with Crippen molar-refractivity contribution >= 4 is 5.91 Å². The van der Waals surface area contributed by atoms with Crippen LogP contribution in [0.25, 0.3) is 0 Å². The molecule has 1 amide bonds. The molecule has 1 aliphatic rings. The molecule has 5 heteroatoms. The number of methoxy groups -OCH3 is 1. The number of piperidine rings is 1. The molecular weight excluding hydrogens is 352 g/mol. The van der Waals surface area contributed by atoms with Crippen molar-refractivity contribution in [3.05, 3.63) is 59.7 Å². The molecule has 0 aliphatic carbocycles. The van der Waals surface area contributed by atoms with E-state index in [4.69, 9.17) is 9.47 Å². The van der Waals surface area contributed by atoms with Gasteiger partial charge in [0.1, 0.15) is 0 Å². The number of amides is 1. The molecule has 0 unspecified atom stereocenters. The van der Waals surface area contributed by atoms with Crippen molar-refractivity contribution in [2.45, 2.75) is 32.2 Å². The van der Waals surface area contributed by atoms with E-state index in [1.807, 2.05) is 18.2 Å². The number of carbonyl (C=O) groups is 1. The highest BCUT2D eigenvalue weighted by Gasteiger charge is 2.23. The molecule has 0 spiro atoms. The fourth-order valence-electron chi connectivity index (χ4n) is 3.62. The molecule has 0 radical (unpaired) electrons. The molecule has 2 aromatic carbocycles. The Bertz CT molecular complexity index is 755. The van der Waals surface area contributed by atoms with Gasteiger partial charge >= 0.3 is 0 Å². The molecule has 0 aromatic heterocycles. The lowest BCUT2D eigenvalue weighted by Gasteiger charge is -2.35. The second-order valence-electron chi connectivity index (χ2n) is 7.27. The van der Waals surface area contributed by atoms with Crippen LogP contribution in [0, 0.1) is 6.92 Å². The van der Waals surface area contributed by atoms with Crippen molar-refractivity contribution in [3.63, 3.8) is 0 Å². The number of hydrogen-bond donors (Lipinski definition) is 1. The summed E-state index contributed by atoms with van der Waals surface area (Å²) >= 11 is 0. The topological polar surface area (TPSA) is 50.8 Å². The molecule has 0 saturated carbocycles. The van der Waals surface area contributed by atoms with E-state index >= 15 is 0 Å². The van der Waals surface area contributed by atoms with Crippen LogP contribution in [-0.4, -0.2) is 44.2 Å². The minimum absolute atomic E-state index is 0.0268. The van der Waals surface area contributed by atoms with E-state index in [2.05, 4.69) is 41.4 Å². The Morgan fingerprint density at radius 3 is 2.39 bits per heavy atom. The third-order valence-electron chi connectivity index (χ3n) is 5.21. The van der Waals surface area contributed by atoms with Crippen LogP contribution in [0.3, 0.4) is 0 Å². The number of para-hydroxylation sites is 2. The Morgan fingerprint density at radius 2 is 1.71 bits per heavy atom. The van der Waals surface area contributed by atoms with Crippen molar-refractivity contribution in [2.24, 2.45) is 0 Å². The third-order valence-corrected chi connectivity index (χ3v) is 5.21. The van der Waals surface area contributed by atoms with Crippen molar-refractivity contribution in [1.29, 1.82) is 0 Å². The Kier molecular flexibility index (Phi) is 7.31. The Hall–Kier alpha value is -2.53. The number of likely N-dealkylation sites (tertiary alicyclic amines) is 1. The zero-order valence-corrected chi connectivity index (χ0v) is 16.8. The molecule has 1 atom stereocenters. The number of hydrogen-bond acceptors (Lipinski definition) is 4. The molecule has 1 fully saturated rings. The zero-order valence-electron chi connectivity index (χ0n) is 16.8. The Balaban J connectivity index is 1.59. The number of nitrogens with one attached hydrogen (secondary N) is 1. The largest absolute Gasteiger partial charge is 0.493 e. The summed E-state index contributed by atoms with van der Waals surface area (Å²) < 4.78 is 10.9. The SMILES string of the molecule is COc1ccccc1OCC(=O)NC[C@@H](c1ccc(C)cc1)N1CCCCC1. The molecule has 3 rings (SSSR count). The summed E-state index contributed by atoms with van der Waals surface area (Å²) in [5, 5.41) is 3.05.